The lowest BCUT2D eigenvalue weighted by molar-refractivity contribution is -0.123. The Labute approximate surface area is 295 Å². The van der Waals surface area contributed by atoms with Crippen LogP contribution in [0.1, 0.15) is 239 Å². The van der Waals surface area contributed by atoms with Crippen molar-refractivity contribution in [2.75, 3.05) is 6.61 Å². The van der Waals surface area contributed by atoms with Crippen LogP contribution in [0.15, 0.2) is 12.2 Å². The Bertz CT molecular complexity index is 637. The fourth-order valence-electron chi connectivity index (χ4n) is 6.71. The van der Waals surface area contributed by atoms with Crippen LogP contribution in [0.5, 0.6) is 0 Å². The first-order chi connectivity index (χ1) is 23.2. The predicted molar refractivity (Wildman–Crippen MR) is 207 cm³/mol. The summed E-state index contributed by atoms with van der Waals surface area (Å²) in [6, 6.07) is -0.615. The number of carbonyl (C=O) groups excluding carboxylic acids is 1. The van der Waals surface area contributed by atoms with Crippen molar-refractivity contribution in [3.63, 3.8) is 0 Å². The zero-order valence-corrected chi connectivity index (χ0v) is 32.1. The zero-order valence-electron chi connectivity index (χ0n) is 32.1. The number of amides is 1. The first kappa shape index (κ1) is 46.1. The van der Waals surface area contributed by atoms with Gasteiger partial charge in [-0.05, 0) is 19.3 Å². The van der Waals surface area contributed by atoms with E-state index >= 15 is 0 Å². The molecule has 0 aromatic heterocycles. The van der Waals surface area contributed by atoms with E-state index in [2.05, 4.69) is 19.2 Å². The van der Waals surface area contributed by atoms with Crippen molar-refractivity contribution in [3.8, 4) is 0 Å². The van der Waals surface area contributed by atoms with Crippen molar-refractivity contribution in [2.24, 2.45) is 0 Å². The molecule has 0 fully saturated rings. The van der Waals surface area contributed by atoms with Gasteiger partial charge < -0.3 is 15.5 Å². The second kappa shape index (κ2) is 39.6. The summed E-state index contributed by atoms with van der Waals surface area (Å²) in [5.74, 6) is -0.0609. The maximum absolute atomic E-state index is 12.3. The predicted octanol–water partition coefficient (Wildman–Crippen LogP) is 13.1. The normalized spacial score (nSPS) is 13.0. The molecule has 0 aromatic carbocycles. The largest absolute Gasteiger partial charge is 0.394 e. The number of carbonyl (C=O) groups is 1. The Hall–Kier alpha value is -0.870. The smallest absolute Gasteiger partial charge is 0.220 e. The van der Waals surface area contributed by atoms with E-state index in [-0.39, 0.29) is 12.5 Å². The number of nitrogens with one attached hydrogen (secondary N) is 1. The van der Waals surface area contributed by atoms with Crippen LogP contribution in [0, 0.1) is 0 Å². The quantitative estimate of drug-likeness (QED) is 0.0453. The highest BCUT2D eigenvalue weighted by Crippen LogP contribution is 2.16. The van der Waals surface area contributed by atoms with Gasteiger partial charge in [-0.15, -0.1) is 0 Å². The van der Waals surface area contributed by atoms with Gasteiger partial charge in [0.2, 0.25) is 5.91 Å². The van der Waals surface area contributed by atoms with Gasteiger partial charge in [-0.2, -0.15) is 0 Å². The van der Waals surface area contributed by atoms with Crippen molar-refractivity contribution < 1.29 is 15.0 Å². The molecule has 4 heteroatoms. The molecule has 0 bridgehead atoms. The van der Waals surface area contributed by atoms with Gasteiger partial charge in [0, 0.05) is 6.42 Å². The summed E-state index contributed by atoms with van der Waals surface area (Å²) in [6.07, 6.45) is 48.9. The third-order valence-corrected chi connectivity index (χ3v) is 10.0. The molecule has 0 aliphatic heterocycles. The molecule has 280 valence electrons. The van der Waals surface area contributed by atoms with E-state index in [9.17, 15) is 15.0 Å². The van der Waals surface area contributed by atoms with E-state index in [0.29, 0.717) is 6.42 Å². The van der Waals surface area contributed by atoms with Gasteiger partial charge in [-0.25, -0.2) is 0 Å². The van der Waals surface area contributed by atoms with Crippen molar-refractivity contribution in [1.82, 2.24) is 5.32 Å². The van der Waals surface area contributed by atoms with Gasteiger partial charge >= 0.3 is 0 Å². The van der Waals surface area contributed by atoms with Crippen LogP contribution in [-0.2, 0) is 4.79 Å². The van der Waals surface area contributed by atoms with Crippen molar-refractivity contribution in [2.45, 2.75) is 251 Å². The van der Waals surface area contributed by atoms with E-state index in [1.165, 1.54) is 193 Å². The zero-order chi connectivity index (χ0) is 34.3. The highest BCUT2D eigenvalue weighted by Gasteiger charge is 2.17. The highest BCUT2D eigenvalue weighted by atomic mass is 16.3. The molecule has 0 rings (SSSR count). The Balaban J connectivity index is 3.53. The minimum Gasteiger partial charge on any atom is -0.394 e. The van der Waals surface area contributed by atoms with Crippen LogP contribution < -0.4 is 5.32 Å². The number of unbranched alkanes of at least 4 members (excludes halogenated alkanes) is 32. The summed E-state index contributed by atoms with van der Waals surface area (Å²) in [5, 5.41) is 23.0. The van der Waals surface area contributed by atoms with Crippen LogP contribution >= 0.6 is 0 Å². The number of allylic oxidation sites excluding steroid dienone is 1. The van der Waals surface area contributed by atoms with Gasteiger partial charge in [0.15, 0.2) is 0 Å². The third-order valence-electron chi connectivity index (χ3n) is 10.0. The summed E-state index contributed by atoms with van der Waals surface area (Å²) in [7, 11) is 0. The summed E-state index contributed by atoms with van der Waals surface area (Å²) in [6.45, 7) is 4.32. The molecule has 0 spiro atoms. The molecule has 2 unspecified atom stereocenters. The number of aliphatic hydroxyl groups excluding tert-OH is 2. The number of aliphatic hydroxyl groups is 2. The van der Waals surface area contributed by atoms with E-state index in [1.807, 2.05) is 6.08 Å². The van der Waals surface area contributed by atoms with Gasteiger partial charge in [0.1, 0.15) is 0 Å². The second-order valence-corrected chi connectivity index (χ2v) is 14.8. The van der Waals surface area contributed by atoms with Crippen molar-refractivity contribution >= 4 is 5.91 Å². The summed E-state index contributed by atoms with van der Waals surface area (Å²) in [5.41, 5.74) is 0. The topological polar surface area (TPSA) is 69.6 Å². The van der Waals surface area contributed by atoms with Gasteiger partial charge in [0.05, 0.1) is 18.8 Å². The van der Waals surface area contributed by atoms with Crippen molar-refractivity contribution in [3.05, 3.63) is 12.2 Å². The number of hydrogen-bond acceptors (Lipinski definition) is 3. The van der Waals surface area contributed by atoms with Crippen molar-refractivity contribution in [1.29, 1.82) is 0 Å². The van der Waals surface area contributed by atoms with E-state index in [1.54, 1.807) is 6.08 Å². The van der Waals surface area contributed by atoms with Gasteiger partial charge in [-0.3, -0.25) is 4.79 Å². The van der Waals surface area contributed by atoms with E-state index in [4.69, 9.17) is 0 Å². The van der Waals surface area contributed by atoms with Crippen LogP contribution in [-0.4, -0.2) is 34.9 Å². The molecule has 0 aromatic rings. The molecule has 3 N–H and O–H groups in total. The molecule has 0 radical (unpaired) electrons. The molecule has 0 aliphatic carbocycles. The third kappa shape index (κ3) is 36.2. The van der Waals surface area contributed by atoms with Crippen LogP contribution in [0.3, 0.4) is 0 Å². The molecule has 0 heterocycles. The van der Waals surface area contributed by atoms with Gasteiger partial charge in [-0.1, -0.05) is 225 Å². The molecule has 1 amide bonds. The average molecular weight is 664 g/mol. The van der Waals surface area contributed by atoms with Crippen LogP contribution in [0.4, 0.5) is 0 Å². The molecule has 0 saturated carbocycles. The summed E-state index contributed by atoms with van der Waals surface area (Å²) < 4.78 is 0. The lowest BCUT2D eigenvalue weighted by atomic mass is 10.0. The number of hydrogen-bond donors (Lipinski definition) is 3. The summed E-state index contributed by atoms with van der Waals surface area (Å²) in [4.78, 5) is 12.3. The standard InChI is InChI=1S/C43H85NO3/c1-3-5-7-9-11-13-15-17-19-20-21-22-23-24-25-26-28-30-32-34-36-38-42(46)41(40-45)44-43(47)39-37-35-33-31-29-27-18-16-14-12-10-8-6-4-2/h36,38,41-42,45-46H,3-35,37,39-40H2,1-2H3,(H,44,47)/b38-36+. The molecule has 47 heavy (non-hydrogen) atoms. The Morgan fingerprint density at radius 2 is 0.787 bits per heavy atom. The van der Waals surface area contributed by atoms with Gasteiger partial charge in [0.25, 0.3) is 0 Å². The van der Waals surface area contributed by atoms with E-state index in [0.717, 1.165) is 25.7 Å². The lowest BCUT2D eigenvalue weighted by Crippen LogP contribution is -2.45. The maximum Gasteiger partial charge on any atom is 0.220 e. The molecular weight excluding hydrogens is 578 g/mol. The van der Waals surface area contributed by atoms with Crippen LogP contribution in [0.2, 0.25) is 0 Å². The SMILES string of the molecule is CCCCCCCCCCCCCCCCCCCCC/C=C/C(O)C(CO)NC(=O)CCCCCCCCCCCCCCCC. The average Bonchev–Trinajstić information content (AvgIpc) is 3.07. The molecular formula is C43H85NO3. The molecule has 0 aliphatic rings. The monoisotopic (exact) mass is 664 g/mol. The Morgan fingerprint density at radius 3 is 1.11 bits per heavy atom. The Kier molecular flexibility index (Phi) is 38.8. The number of rotatable bonds is 39. The van der Waals surface area contributed by atoms with Crippen LogP contribution in [0.25, 0.3) is 0 Å². The molecule has 2 atom stereocenters. The lowest BCUT2D eigenvalue weighted by Gasteiger charge is -2.20. The Morgan fingerprint density at radius 1 is 0.489 bits per heavy atom. The first-order valence-electron chi connectivity index (χ1n) is 21.4. The highest BCUT2D eigenvalue weighted by molar-refractivity contribution is 5.76. The summed E-state index contributed by atoms with van der Waals surface area (Å²) >= 11 is 0. The molecule has 4 nitrogen and oxygen atoms in total. The fraction of sp³-hybridized carbons (Fsp3) is 0.930. The van der Waals surface area contributed by atoms with E-state index < -0.39 is 12.1 Å². The maximum atomic E-state index is 12.3. The molecule has 0 saturated heterocycles. The first-order valence-corrected chi connectivity index (χ1v) is 21.4. The second-order valence-electron chi connectivity index (χ2n) is 14.8. The minimum absolute atomic E-state index is 0.0609. The fourth-order valence-corrected chi connectivity index (χ4v) is 6.71. The minimum atomic E-state index is -0.833.